The van der Waals surface area contributed by atoms with E-state index in [2.05, 4.69) is 18.5 Å². The number of aliphatic hydroxyl groups excluding tert-OH is 2. The fourth-order valence-electron chi connectivity index (χ4n) is 5.89. The zero-order valence-corrected chi connectivity index (χ0v) is 24.1. The molecule has 2 aliphatic heterocycles. The summed E-state index contributed by atoms with van der Waals surface area (Å²) in [6.45, 7) is 11.2. The third-order valence-electron chi connectivity index (χ3n) is 8.91. The number of ether oxygens (including phenoxy) is 2. The van der Waals surface area contributed by atoms with Crippen LogP contribution in [-0.4, -0.2) is 50.9 Å². The van der Waals surface area contributed by atoms with Crippen LogP contribution in [0.2, 0.25) is 0 Å². The summed E-state index contributed by atoms with van der Waals surface area (Å²) < 4.78 is 17.7. The summed E-state index contributed by atoms with van der Waals surface area (Å²) in [5.74, 6) is -1.26. The third kappa shape index (κ3) is 6.48. The molecule has 0 saturated carbocycles. The van der Waals surface area contributed by atoms with Gasteiger partial charge in [0.25, 0.3) is 0 Å². The maximum atomic E-state index is 13.7. The number of Topliss-reactive ketones (excluding diaryl/α,β-unsaturated/α-hetero) is 1. The molecule has 7 atom stereocenters. The smallest absolute Gasteiger partial charge is 0.309 e. The van der Waals surface area contributed by atoms with Gasteiger partial charge in [-0.1, -0.05) is 39.3 Å². The van der Waals surface area contributed by atoms with Gasteiger partial charge < -0.3 is 29.8 Å². The van der Waals surface area contributed by atoms with Crippen molar-refractivity contribution in [1.29, 1.82) is 0 Å². The van der Waals surface area contributed by atoms with Crippen molar-refractivity contribution in [3.05, 3.63) is 42.3 Å². The second kappa shape index (κ2) is 12.1. The van der Waals surface area contributed by atoms with Crippen LogP contribution in [0.4, 0.5) is 0 Å². The van der Waals surface area contributed by atoms with E-state index >= 15 is 0 Å². The second-order valence-corrected chi connectivity index (χ2v) is 12.3. The molecule has 0 spiro atoms. The number of aliphatic hydroxyl groups is 2. The van der Waals surface area contributed by atoms with Crippen LogP contribution in [0.3, 0.4) is 0 Å². The number of esters is 1. The van der Waals surface area contributed by atoms with Gasteiger partial charge in [0.2, 0.25) is 5.89 Å². The van der Waals surface area contributed by atoms with Gasteiger partial charge in [-0.2, -0.15) is 0 Å². The van der Waals surface area contributed by atoms with Crippen molar-refractivity contribution in [2.24, 2.45) is 23.0 Å². The van der Waals surface area contributed by atoms with Gasteiger partial charge in [-0.05, 0) is 56.2 Å². The minimum atomic E-state index is -1.29. The monoisotopic (exact) mass is 556 g/mol. The minimum absolute atomic E-state index is 0.116. The molecular formula is C31H44N2O7. The fourth-order valence-corrected chi connectivity index (χ4v) is 5.89. The lowest BCUT2D eigenvalue weighted by atomic mass is 9.71. The van der Waals surface area contributed by atoms with E-state index in [-0.39, 0.29) is 36.4 Å². The molecule has 9 heteroatoms. The number of benzene rings is 1. The zero-order chi connectivity index (χ0) is 29.2. The van der Waals surface area contributed by atoms with Crippen molar-refractivity contribution in [2.45, 2.75) is 109 Å². The van der Waals surface area contributed by atoms with E-state index in [4.69, 9.17) is 19.6 Å². The molecule has 9 nitrogen and oxygen atoms in total. The van der Waals surface area contributed by atoms with Crippen molar-refractivity contribution < 1.29 is 33.7 Å². The summed E-state index contributed by atoms with van der Waals surface area (Å²) in [4.78, 5) is 31.3. The third-order valence-corrected chi connectivity index (χ3v) is 8.91. The maximum absolute atomic E-state index is 13.7. The first-order valence-electron chi connectivity index (χ1n) is 14.4. The molecule has 4 rings (SSSR count). The Morgan fingerprint density at radius 3 is 2.67 bits per heavy atom. The Bertz CT molecular complexity index is 1220. The molecule has 2 aliphatic rings. The Balaban J connectivity index is 1.63. The van der Waals surface area contributed by atoms with Gasteiger partial charge in [-0.3, -0.25) is 9.59 Å². The lowest BCUT2D eigenvalue weighted by Gasteiger charge is -2.36. The highest BCUT2D eigenvalue weighted by molar-refractivity contribution is 5.88. The highest BCUT2D eigenvalue weighted by Crippen LogP contribution is 2.47. The molecule has 1 unspecified atom stereocenters. The molecule has 0 radical (unpaired) electrons. The van der Waals surface area contributed by atoms with Gasteiger partial charge in [0.1, 0.15) is 17.4 Å². The lowest BCUT2D eigenvalue weighted by molar-refractivity contribution is -0.156. The number of fused-ring (bicyclic) bond motifs is 2. The fraction of sp³-hybridized carbons (Fsp3) is 0.645. The molecule has 40 heavy (non-hydrogen) atoms. The normalized spacial score (nSPS) is 33.8. The summed E-state index contributed by atoms with van der Waals surface area (Å²) >= 11 is 0. The van der Waals surface area contributed by atoms with Gasteiger partial charge in [-0.15, -0.1) is 6.58 Å². The number of rotatable bonds is 5. The average molecular weight is 557 g/mol. The Morgan fingerprint density at radius 2 is 1.98 bits per heavy atom. The molecular weight excluding hydrogens is 512 g/mol. The topological polar surface area (TPSA) is 148 Å². The number of ketones is 1. The van der Waals surface area contributed by atoms with Gasteiger partial charge in [0.05, 0.1) is 42.3 Å². The van der Waals surface area contributed by atoms with Gasteiger partial charge in [0, 0.05) is 12.3 Å². The van der Waals surface area contributed by atoms with Gasteiger partial charge >= 0.3 is 5.97 Å². The molecule has 1 aromatic carbocycles. The predicted octanol–water partition coefficient (Wildman–Crippen LogP) is 4.53. The molecule has 2 saturated heterocycles. The first-order chi connectivity index (χ1) is 18.9. The standard InChI is InChI=1S/C31H44N2O7/c1-6-7-10-20-28(36)18(2)9-8-13-31(5)25(40-31)15-23(39-27(35)16-24(34)30(3,4)29(20)37)19-11-12-22-21(14-19)33-26(17-32)38-22/h6,11-12,14,18,20,23-25,28,34,36H,1,7-10,13,15-17,32H2,2-5H3/t18-,20+,23-,24-,25-,28?,31+/m0/s1. The Hall–Kier alpha value is -2.59. The van der Waals surface area contributed by atoms with E-state index in [1.54, 1.807) is 26.0 Å². The highest BCUT2D eigenvalue weighted by atomic mass is 16.6. The molecule has 4 N–H and O–H groups in total. The van der Waals surface area contributed by atoms with Crippen LogP contribution >= 0.6 is 0 Å². The Kier molecular flexibility index (Phi) is 9.19. The number of carbonyl (C=O) groups excluding carboxylic acids is 2. The van der Waals surface area contributed by atoms with E-state index in [1.807, 2.05) is 19.1 Å². The highest BCUT2D eigenvalue weighted by Gasteiger charge is 2.53. The first kappa shape index (κ1) is 30.4. The lowest BCUT2D eigenvalue weighted by Crippen LogP contribution is -2.46. The SMILES string of the molecule is C=CCC[C@H]1C(=O)C(C)(C)[C@@H](O)CC(=O)O[C@H](c2ccc3oc(CN)nc3c2)C[C@@H]2O[C@]2(C)CCC[C@H](C)C1O. The number of hydrogen-bond donors (Lipinski definition) is 3. The molecule has 0 bridgehead atoms. The summed E-state index contributed by atoms with van der Waals surface area (Å²) in [5.41, 5.74) is 5.99. The van der Waals surface area contributed by atoms with Crippen LogP contribution in [0.1, 0.15) is 90.2 Å². The van der Waals surface area contributed by atoms with E-state index in [1.165, 1.54) is 0 Å². The number of nitrogens with zero attached hydrogens (tertiary/aromatic N) is 1. The number of aromatic nitrogens is 1. The summed E-state index contributed by atoms with van der Waals surface area (Å²) in [5, 5.41) is 22.4. The van der Waals surface area contributed by atoms with Crippen LogP contribution in [0.5, 0.6) is 0 Å². The molecule has 220 valence electrons. The Morgan fingerprint density at radius 1 is 1.23 bits per heavy atom. The number of hydrogen-bond acceptors (Lipinski definition) is 9. The van der Waals surface area contributed by atoms with Crippen LogP contribution in [-0.2, 0) is 25.6 Å². The van der Waals surface area contributed by atoms with Crippen molar-refractivity contribution >= 4 is 22.9 Å². The molecule has 2 aromatic rings. The van der Waals surface area contributed by atoms with Crippen LogP contribution < -0.4 is 5.73 Å². The van der Waals surface area contributed by atoms with E-state index < -0.39 is 35.6 Å². The maximum Gasteiger partial charge on any atom is 0.309 e. The van der Waals surface area contributed by atoms with Crippen molar-refractivity contribution in [3.63, 3.8) is 0 Å². The molecule has 0 amide bonds. The zero-order valence-electron chi connectivity index (χ0n) is 24.1. The number of nitrogens with two attached hydrogens (primary N) is 1. The molecule has 0 aliphatic carbocycles. The van der Waals surface area contributed by atoms with Crippen molar-refractivity contribution in [3.8, 4) is 0 Å². The predicted molar refractivity (Wildman–Crippen MR) is 150 cm³/mol. The molecule has 2 fully saturated rings. The first-order valence-corrected chi connectivity index (χ1v) is 14.4. The van der Waals surface area contributed by atoms with E-state index in [9.17, 15) is 19.8 Å². The van der Waals surface area contributed by atoms with E-state index in [0.717, 1.165) is 24.8 Å². The van der Waals surface area contributed by atoms with Gasteiger partial charge in [0.15, 0.2) is 5.58 Å². The molecule has 1 aromatic heterocycles. The number of epoxide rings is 1. The number of cyclic esters (lactones) is 1. The Labute approximate surface area is 236 Å². The number of carbonyl (C=O) groups is 2. The van der Waals surface area contributed by atoms with E-state index in [0.29, 0.717) is 36.3 Å². The second-order valence-electron chi connectivity index (χ2n) is 12.3. The van der Waals surface area contributed by atoms with Crippen LogP contribution in [0.15, 0.2) is 35.3 Å². The summed E-state index contributed by atoms with van der Waals surface area (Å²) in [7, 11) is 0. The summed E-state index contributed by atoms with van der Waals surface area (Å²) in [6.07, 6.45) is 2.22. The number of allylic oxidation sites excluding steroid dienone is 1. The van der Waals surface area contributed by atoms with Crippen molar-refractivity contribution in [2.75, 3.05) is 0 Å². The average Bonchev–Trinajstić information content (AvgIpc) is 3.35. The van der Waals surface area contributed by atoms with Crippen LogP contribution in [0, 0.1) is 17.3 Å². The van der Waals surface area contributed by atoms with Gasteiger partial charge in [-0.25, -0.2) is 4.98 Å². The van der Waals surface area contributed by atoms with Crippen LogP contribution in [0.25, 0.3) is 11.1 Å². The number of oxazole rings is 1. The summed E-state index contributed by atoms with van der Waals surface area (Å²) in [6, 6.07) is 5.44. The van der Waals surface area contributed by atoms with Crippen molar-refractivity contribution in [1.82, 2.24) is 4.98 Å². The largest absolute Gasteiger partial charge is 0.457 e. The molecule has 3 heterocycles. The minimum Gasteiger partial charge on any atom is -0.457 e. The quantitative estimate of drug-likeness (QED) is 0.274.